The smallest absolute Gasteiger partial charge is 0.262 e. The Hall–Kier alpha value is -2.22. The molecule has 0 spiro atoms. The standard InChI is InChI=1S/C18H22N2O5S/c1-3-26(24,25)13-8-10-19(11-9-13)16(21)12(2)20-17(22)14-6-4-5-7-15(14)18(20)23/h4-7,12-13H,3,8-11H2,1-2H3. The molecule has 7 nitrogen and oxygen atoms in total. The van der Waals surface area contributed by atoms with Crippen LogP contribution in [0.2, 0.25) is 0 Å². The summed E-state index contributed by atoms with van der Waals surface area (Å²) in [5.41, 5.74) is 0.620. The van der Waals surface area contributed by atoms with E-state index in [0.717, 1.165) is 4.90 Å². The SMILES string of the molecule is CCS(=O)(=O)C1CCN(C(=O)C(C)N2C(=O)c3ccccc3C2=O)CC1. The summed E-state index contributed by atoms with van der Waals surface area (Å²) >= 11 is 0. The third kappa shape index (κ3) is 3.02. The van der Waals surface area contributed by atoms with Crippen LogP contribution < -0.4 is 0 Å². The van der Waals surface area contributed by atoms with Crippen molar-refractivity contribution in [3.8, 4) is 0 Å². The third-order valence-corrected chi connectivity index (χ3v) is 7.53. The van der Waals surface area contributed by atoms with Crippen molar-refractivity contribution in [2.45, 2.75) is 38.0 Å². The highest BCUT2D eigenvalue weighted by atomic mass is 32.2. The number of sulfone groups is 1. The molecule has 1 atom stereocenters. The van der Waals surface area contributed by atoms with Gasteiger partial charge in [-0.3, -0.25) is 19.3 Å². The van der Waals surface area contributed by atoms with E-state index in [4.69, 9.17) is 0 Å². The number of nitrogens with zero attached hydrogens (tertiary/aromatic N) is 2. The average Bonchev–Trinajstić information content (AvgIpc) is 2.91. The maximum absolute atomic E-state index is 12.8. The van der Waals surface area contributed by atoms with E-state index in [0.29, 0.717) is 37.1 Å². The predicted molar refractivity (Wildman–Crippen MR) is 95.5 cm³/mol. The van der Waals surface area contributed by atoms with Gasteiger partial charge in [-0.15, -0.1) is 0 Å². The molecule has 140 valence electrons. The fraction of sp³-hybridized carbons (Fsp3) is 0.500. The summed E-state index contributed by atoms with van der Waals surface area (Å²) in [5.74, 6) is -1.16. The molecule has 0 N–H and O–H groups in total. The monoisotopic (exact) mass is 378 g/mol. The second-order valence-corrected chi connectivity index (χ2v) is 9.25. The van der Waals surface area contributed by atoms with Gasteiger partial charge in [0, 0.05) is 18.8 Å². The number of piperidine rings is 1. The van der Waals surface area contributed by atoms with Crippen molar-refractivity contribution in [1.29, 1.82) is 0 Å². The Morgan fingerprint density at radius 2 is 1.62 bits per heavy atom. The van der Waals surface area contributed by atoms with E-state index >= 15 is 0 Å². The summed E-state index contributed by atoms with van der Waals surface area (Å²) in [6, 6.07) is 5.60. The normalized spacial score (nSPS) is 19.6. The Kier molecular flexibility index (Phi) is 4.88. The molecule has 3 rings (SSSR count). The minimum absolute atomic E-state index is 0.0943. The first-order valence-corrected chi connectivity index (χ1v) is 10.5. The van der Waals surface area contributed by atoms with Crippen molar-refractivity contribution in [3.05, 3.63) is 35.4 Å². The van der Waals surface area contributed by atoms with E-state index in [1.54, 1.807) is 43.0 Å². The second kappa shape index (κ2) is 6.83. The van der Waals surface area contributed by atoms with Crippen molar-refractivity contribution in [2.24, 2.45) is 0 Å². The number of imide groups is 1. The highest BCUT2D eigenvalue weighted by molar-refractivity contribution is 7.92. The zero-order chi connectivity index (χ0) is 19.1. The van der Waals surface area contributed by atoms with Gasteiger partial charge in [0.25, 0.3) is 11.8 Å². The molecule has 1 aromatic rings. The van der Waals surface area contributed by atoms with Crippen LogP contribution in [-0.4, -0.2) is 66.1 Å². The summed E-state index contributed by atoms with van der Waals surface area (Å²) in [6.45, 7) is 3.79. The number of hydrogen-bond acceptors (Lipinski definition) is 5. The van der Waals surface area contributed by atoms with Crippen LogP contribution in [0.4, 0.5) is 0 Å². The van der Waals surface area contributed by atoms with Crippen LogP contribution >= 0.6 is 0 Å². The van der Waals surface area contributed by atoms with Crippen molar-refractivity contribution in [2.75, 3.05) is 18.8 Å². The molecule has 2 heterocycles. The molecule has 8 heteroatoms. The summed E-state index contributed by atoms with van der Waals surface area (Å²) in [7, 11) is -3.12. The Labute approximate surface area is 152 Å². The van der Waals surface area contributed by atoms with E-state index in [1.807, 2.05) is 0 Å². The molecule has 0 radical (unpaired) electrons. The highest BCUT2D eigenvalue weighted by Gasteiger charge is 2.42. The number of rotatable bonds is 4. The van der Waals surface area contributed by atoms with Gasteiger partial charge < -0.3 is 4.90 Å². The maximum Gasteiger partial charge on any atom is 0.262 e. The molecule has 1 unspecified atom stereocenters. The van der Waals surface area contributed by atoms with Gasteiger partial charge in [0.05, 0.1) is 16.4 Å². The van der Waals surface area contributed by atoms with Crippen LogP contribution in [0.5, 0.6) is 0 Å². The topological polar surface area (TPSA) is 91.8 Å². The molecule has 0 aliphatic carbocycles. The molecule has 0 aromatic heterocycles. The fourth-order valence-electron chi connectivity index (χ4n) is 3.61. The van der Waals surface area contributed by atoms with Gasteiger partial charge in [-0.25, -0.2) is 8.42 Å². The van der Waals surface area contributed by atoms with Crippen molar-refractivity contribution in [1.82, 2.24) is 9.80 Å². The molecular formula is C18H22N2O5S. The number of fused-ring (bicyclic) bond motifs is 1. The Morgan fingerprint density at radius 1 is 1.12 bits per heavy atom. The number of benzene rings is 1. The lowest BCUT2D eigenvalue weighted by Crippen LogP contribution is -2.52. The Morgan fingerprint density at radius 3 is 2.08 bits per heavy atom. The van der Waals surface area contributed by atoms with E-state index in [2.05, 4.69) is 0 Å². The molecule has 3 amide bonds. The number of hydrogen-bond donors (Lipinski definition) is 0. The van der Waals surface area contributed by atoms with Crippen LogP contribution in [0.3, 0.4) is 0 Å². The Bertz CT molecular complexity index is 821. The summed E-state index contributed by atoms with van der Waals surface area (Å²) < 4.78 is 24.0. The van der Waals surface area contributed by atoms with E-state index in [9.17, 15) is 22.8 Å². The average molecular weight is 378 g/mol. The van der Waals surface area contributed by atoms with Crippen molar-refractivity contribution >= 4 is 27.6 Å². The summed E-state index contributed by atoms with van der Waals surface area (Å²) in [6.07, 6.45) is 0.771. The molecule has 2 aliphatic rings. The van der Waals surface area contributed by atoms with Gasteiger partial charge >= 0.3 is 0 Å². The fourth-order valence-corrected chi connectivity index (χ4v) is 5.01. The first kappa shape index (κ1) is 18.6. The van der Waals surface area contributed by atoms with Crippen molar-refractivity contribution < 1.29 is 22.8 Å². The van der Waals surface area contributed by atoms with Crippen LogP contribution in [-0.2, 0) is 14.6 Å². The summed E-state index contributed by atoms with van der Waals surface area (Å²) in [5, 5.41) is -0.425. The minimum Gasteiger partial charge on any atom is -0.341 e. The van der Waals surface area contributed by atoms with Gasteiger partial charge in [0.1, 0.15) is 6.04 Å². The third-order valence-electron chi connectivity index (χ3n) is 5.23. The molecule has 1 aromatic carbocycles. The molecule has 2 aliphatic heterocycles. The number of likely N-dealkylation sites (tertiary alicyclic amines) is 1. The van der Waals surface area contributed by atoms with Crippen LogP contribution in [0.1, 0.15) is 47.4 Å². The quantitative estimate of drug-likeness (QED) is 0.732. The zero-order valence-corrected chi connectivity index (χ0v) is 15.7. The Balaban J connectivity index is 1.70. The second-order valence-electron chi connectivity index (χ2n) is 6.68. The van der Waals surface area contributed by atoms with Gasteiger partial charge in [0.15, 0.2) is 9.84 Å². The molecule has 1 fully saturated rings. The van der Waals surface area contributed by atoms with Gasteiger partial charge in [0.2, 0.25) is 5.91 Å². The molecule has 1 saturated heterocycles. The predicted octanol–water partition coefficient (Wildman–Crippen LogP) is 1.10. The van der Waals surface area contributed by atoms with Gasteiger partial charge in [-0.1, -0.05) is 19.1 Å². The largest absolute Gasteiger partial charge is 0.341 e. The van der Waals surface area contributed by atoms with E-state index in [1.165, 1.54) is 0 Å². The van der Waals surface area contributed by atoms with Crippen molar-refractivity contribution in [3.63, 3.8) is 0 Å². The first-order valence-electron chi connectivity index (χ1n) is 8.75. The molecular weight excluding hydrogens is 356 g/mol. The summed E-state index contributed by atoms with van der Waals surface area (Å²) in [4.78, 5) is 40.4. The molecule has 0 bridgehead atoms. The lowest BCUT2D eigenvalue weighted by Gasteiger charge is -2.34. The highest BCUT2D eigenvalue weighted by Crippen LogP contribution is 2.26. The zero-order valence-electron chi connectivity index (χ0n) is 14.8. The lowest BCUT2D eigenvalue weighted by atomic mass is 10.1. The molecule has 0 saturated carbocycles. The number of carbonyl (C=O) groups excluding carboxylic acids is 3. The van der Waals surface area contributed by atoms with Crippen LogP contribution in [0, 0.1) is 0 Å². The lowest BCUT2D eigenvalue weighted by molar-refractivity contribution is -0.135. The molecule has 26 heavy (non-hydrogen) atoms. The maximum atomic E-state index is 12.8. The van der Waals surface area contributed by atoms with Gasteiger partial charge in [-0.2, -0.15) is 0 Å². The minimum atomic E-state index is -3.12. The first-order chi connectivity index (χ1) is 12.3. The number of amides is 3. The number of carbonyl (C=O) groups is 3. The van der Waals surface area contributed by atoms with E-state index < -0.39 is 32.9 Å². The van der Waals surface area contributed by atoms with E-state index in [-0.39, 0.29) is 11.7 Å². The van der Waals surface area contributed by atoms with Crippen LogP contribution in [0.25, 0.3) is 0 Å². The van der Waals surface area contributed by atoms with Crippen LogP contribution in [0.15, 0.2) is 24.3 Å². The van der Waals surface area contributed by atoms with Gasteiger partial charge in [-0.05, 0) is 31.9 Å².